The van der Waals surface area contributed by atoms with Gasteiger partial charge in [0.2, 0.25) is 0 Å². The first kappa shape index (κ1) is 22.6. The normalized spacial score (nSPS) is 12.3. The van der Waals surface area contributed by atoms with E-state index in [2.05, 4.69) is 0 Å². The van der Waals surface area contributed by atoms with Crippen LogP contribution in [0.15, 0.2) is 24.3 Å². The van der Waals surface area contributed by atoms with E-state index in [1.165, 1.54) is 32.0 Å². The highest BCUT2D eigenvalue weighted by Gasteiger charge is 2.14. The Morgan fingerprint density at radius 1 is 0.920 bits per heavy atom. The quantitative estimate of drug-likeness (QED) is 0.469. The van der Waals surface area contributed by atoms with Gasteiger partial charge in [-0.1, -0.05) is 6.07 Å². The molecular weight excluding hydrogens is 336 g/mol. The molecule has 25 heavy (non-hydrogen) atoms. The van der Waals surface area contributed by atoms with Crippen molar-refractivity contribution >= 4 is 11.9 Å². The fourth-order valence-electron chi connectivity index (χ4n) is 1.54. The van der Waals surface area contributed by atoms with Crippen molar-refractivity contribution in [2.24, 2.45) is 0 Å². The lowest BCUT2D eigenvalue weighted by molar-refractivity contribution is -0.157. The lowest BCUT2D eigenvalue weighted by Gasteiger charge is -2.17. The second kappa shape index (κ2) is 13.0. The molecule has 0 fully saturated rings. The van der Waals surface area contributed by atoms with Crippen molar-refractivity contribution in [2.75, 3.05) is 26.4 Å². The van der Waals surface area contributed by atoms with E-state index in [0.717, 1.165) is 0 Å². The second-order valence-corrected chi connectivity index (χ2v) is 4.89. The predicted octanol–water partition coefficient (Wildman–Crippen LogP) is -0.0512. The summed E-state index contributed by atoms with van der Waals surface area (Å²) in [6.07, 6.45) is -1.52. The maximum atomic E-state index is 10.6. The largest absolute Gasteiger partial charge is 0.508 e. The Hall–Kier alpha value is -2.36. The van der Waals surface area contributed by atoms with Crippen LogP contribution in [-0.4, -0.2) is 71.0 Å². The van der Waals surface area contributed by atoms with E-state index in [4.69, 9.17) is 34.6 Å². The molecule has 0 bridgehead atoms. The van der Waals surface area contributed by atoms with Crippen molar-refractivity contribution in [1.29, 1.82) is 0 Å². The van der Waals surface area contributed by atoms with E-state index in [-0.39, 0.29) is 37.9 Å². The number of benzene rings is 1. The fraction of sp³-hybridized carbons (Fsp3) is 0.500. The molecule has 1 aromatic rings. The second-order valence-electron chi connectivity index (χ2n) is 4.89. The summed E-state index contributed by atoms with van der Waals surface area (Å²) >= 11 is 0. The Balaban J connectivity index is 0.000000593. The number of aromatic hydroxyl groups is 2. The fourth-order valence-corrected chi connectivity index (χ4v) is 1.54. The molecule has 0 aromatic heterocycles. The highest BCUT2D eigenvalue weighted by molar-refractivity contribution is 5.66. The van der Waals surface area contributed by atoms with Gasteiger partial charge in [0.1, 0.15) is 23.7 Å². The molecule has 0 spiro atoms. The van der Waals surface area contributed by atoms with E-state index >= 15 is 0 Å². The number of hydrogen-bond acceptors (Lipinski definition) is 9. The van der Waals surface area contributed by atoms with Crippen LogP contribution >= 0.6 is 0 Å². The van der Waals surface area contributed by atoms with E-state index in [0.29, 0.717) is 0 Å². The van der Waals surface area contributed by atoms with Crippen LogP contribution < -0.4 is 0 Å². The van der Waals surface area contributed by atoms with Crippen LogP contribution in [0.3, 0.4) is 0 Å². The van der Waals surface area contributed by atoms with Crippen LogP contribution in [0, 0.1) is 0 Å². The molecule has 1 rings (SSSR count). The number of aliphatic hydroxyl groups is 2. The predicted molar refractivity (Wildman–Crippen MR) is 85.9 cm³/mol. The average Bonchev–Trinajstić information content (AvgIpc) is 2.52. The Labute approximate surface area is 145 Å². The topological polar surface area (TPSA) is 143 Å². The summed E-state index contributed by atoms with van der Waals surface area (Å²) in [6, 6.07) is 5.85. The number of hydrogen-bond donors (Lipinski definition) is 4. The molecule has 142 valence electrons. The zero-order valence-corrected chi connectivity index (χ0v) is 14.1. The standard InChI is InChI=1S/C10H18O7.C6H6O2/c1-7(13)16-9(3-11)5-15-6-10(4-12)17-8(2)14;7-5-2-1-3-6(8)4-5/h9-12H,3-6H2,1-2H3;1-4,7-8H. The van der Waals surface area contributed by atoms with Gasteiger partial charge in [-0.3, -0.25) is 9.59 Å². The maximum Gasteiger partial charge on any atom is 0.303 e. The molecule has 0 saturated heterocycles. The maximum absolute atomic E-state index is 10.6. The Morgan fingerprint density at radius 2 is 1.32 bits per heavy atom. The van der Waals surface area contributed by atoms with Gasteiger partial charge in [-0.15, -0.1) is 0 Å². The van der Waals surface area contributed by atoms with Crippen molar-refractivity contribution < 1.29 is 44.2 Å². The first-order valence-electron chi connectivity index (χ1n) is 7.40. The van der Waals surface area contributed by atoms with E-state index < -0.39 is 24.1 Å². The van der Waals surface area contributed by atoms with Crippen LogP contribution in [0.5, 0.6) is 11.5 Å². The summed E-state index contributed by atoms with van der Waals surface area (Å²) in [5.41, 5.74) is 0. The smallest absolute Gasteiger partial charge is 0.303 e. The molecule has 1 aromatic carbocycles. The molecule has 4 N–H and O–H groups in total. The minimum absolute atomic E-state index is 0.0339. The lowest BCUT2D eigenvalue weighted by atomic mass is 10.3. The zero-order valence-electron chi connectivity index (χ0n) is 14.1. The summed E-state index contributed by atoms with van der Waals surface area (Å²) in [6.45, 7) is 1.64. The molecule has 9 nitrogen and oxygen atoms in total. The number of esters is 2. The van der Waals surface area contributed by atoms with Gasteiger partial charge >= 0.3 is 11.9 Å². The van der Waals surface area contributed by atoms with Gasteiger partial charge in [-0.2, -0.15) is 0 Å². The monoisotopic (exact) mass is 360 g/mol. The molecule has 0 radical (unpaired) electrons. The van der Waals surface area contributed by atoms with Crippen molar-refractivity contribution in [3.63, 3.8) is 0 Å². The van der Waals surface area contributed by atoms with Gasteiger partial charge in [-0.25, -0.2) is 0 Å². The average molecular weight is 360 g/mol. The summed E-state index contributed by atoms with van der Waals surface area (Å²) < 4.78 is 14.5. The highest BCUT2D eigenvalue weighted by atomic mass is 16.6. The molecule has 0 aliphatic heterocycles. The zero-order chi connectivity index (χ0) is 19.2. The molecule has 0 amide bonds. The lowest BCUT2D eigenvalue weighted by Crippen LogP contribution is -2.31. The molecule has 0 aliphatic carbocycles. The van der Waals surface area contributed by atoms with Crippen molar-refractivity contribution in [3.8, 4) is 11.5 Å². The molecule has 2 unspecified atom stereocenters. The summed E-state index contributed by atoms with van der Waals surface area (Å²) in [5, 5.41) is 35.0. The van der Waals surface area contributed by atoms with E-state index in [1.54, 1.807) is 6.07 Å². The first-order chi connectivity index (χ1) is 11.8. The van der Waals surface area contributed by atoms with Gasteiger partial charge in [0.15, 0.2) is 0 Å². The van der Waals surface area contributed by atoms with Crippen LogP contribution in [0.4, 0.5) is 0 Å². The Bertz CT molecular complexity index is 477. The highest BCUT2D eigenvalue weighted by Crippen LogP contribution is 2.14. The molecule has 9 heteroatoms. The van der Waals surface area contributed by atoms with Crippen molar-refractivity contribution in [1.82, 2.24) is 0 Å². The number of carbonyl (C=O) groups excluding carboxylic acids is 2. The Morgan fingerprint density at radius 3 is 1.56 bits per heavy atom. The summed E-state index contributed by atoms with van der Waals surface area (Å²) in [7, 11) is 0. The molecule has 2 atom stereocenters. The van der Waals surface area contributed by atoms with Crippen molar-refractivity contribution in [3.05, 3.63) is 24.3 Å². The van der Waals surface area contributed by atoms with Crippen molar-refractivity contribution in [2.45, 2.75) is 26.1 Å². The van der Waals surface area contributed by atoms with Gasteiger partial charge < -0.3 is 34.6 Å². The Kier molecular flexibility index (Phi) is 11.8. The third-order valence-electron chi connectivity index (χ3n) is 2.51. The third-order valence-corrected chi connectivity index (χ3v) is 2.51. The molecular formula is C16H24O9. The SMILES string of the molecule is CC(=O)OC(CO)COCC(CO)OC(C)=O.Oc1cccc(O)c1. The molecule has 0 aliphatic rings. The van der Waals surface area contributed by atoms with Crippen LogP contribution in [0.1, 0.15) is 13.8 Å². The first-order valence-corrected chi connectivity index (χ1v) is 7.40. The summed E-state index contributed by atoms with van der Waals surface area (Å²) in [5.74, 6) is -0.868. The minimum Gasteiger partial charge on any atom is -0.508 e. The van der Waals surface area contributed by atoms with E-state index in [1.807, 2.05) is 0 Å². The summed E-state index contributed by atoms with van der Waals surface area (Å²) in [4.78, 5) is 21.2. The van der Waals surface area contributed by atoms with Gasteiger partial charge in [0.05, 0.1) is 26.4 Å². The molecule has 0 saturated carbocycles. The number of carbonyl (C=O) groups is 2. The number of ether oxygens (including phenoxy) is 3. The van der Waals surface area contributed by atoms with Gasteiger partial charge in [0.25, 0.3) is 0 Å². The number of aliphatic hydroxyl groups excluding tert-OH is 2. The van der Waals surface area contributed by atoms with Crippen LogP contribution in [0.25, 0.3) is 0 Å². The molecule has 0 heterocycles. The third kappa shape index (κ3) is 12.7. The van der Waals surface area contributed by atoms with Gasteiger partial charge in [0, 0.05) is 19.9 Å². The van der Waals surface area contributed by atoms with E-state index in [9.17, 15) is 9.59 Å². The minimum atomic E-state index is -0.760. The van der Waals surface area contributed by atoms with Crippen LogP contribution in [-0.2, 0) is 23.8 Å². The number of phenolic OH excluding ortho intramolecular Hbond substituents is 2. The number of rotatable bonds is 8. The van der Waals surface area contributed by atoms with Gasteiger partial charge in [-0.05, 0) is 12.1 Å². The van der Waals surface area contributed by atoms with Crippen LogP contribution in [0.2, 0.25) is 0 Å². The number of phenols is 2.